The Morgan fingerprint density at radius 3 is 2.50 bits per heavy atom. The van der Waals surface area contributed by atoms with Gasteiger partial charge < -0.3 is 4.74 Å². The Morgan fingerprint density at radius 2 is 1.88 bits per heavy atom. The van der Waals surface area contributed by atoms with Crippen LogP contribution in [0.3, 0.4) is 0 Å². The monoisotopic (exact) mass is 220 g/mol. The van der Waals surface area contributed by atoms with Crippen LogP contribution >= 0.6 is 0 Å². The van der Waals surface area contributed by atoms with E-state index < -0.39 is 0 Å². The van der Waals surface area contributed by atoms with Gasteiger partial charge in [0.1, 0.15) is 0 Å². The van der Waals surface area contributed by atoms with Crippen LogP contribution in [0.5, 0.6) is 0 Å². The van der Waals surface area contributed by atoms with Gasteiger partial charge in [-0.3, -0.25) is 0 Å². The predicted octanol–water partition coefficient (Wildman–Crippen LogP) is 3.91. The highest BCUT2D eigenvalue weighted by molar-refractivity contribution is 5.29. The molecule has 0 saturated heterocycles. The van der Waals surface area contributed by atoms with Crippen LogP contribution in [0.25, 0.3) is 0 Å². The third-order valence-corrected chi connectivity index (χ3v) is 2.78. The van der Waals surface area contributed by atoms with Crippen LogP contribution < -0.4 is 0 Å². The molecule has 90 valence electrons. The summed E-state index contributed by atoms with van der Waals surface area (Å²) < 4.78 is 5.57. The van der Waals surface area contributed by atoms with Crippen molar-refractivity contribution < 1.29 is 4.74 Å². The maximum absolute atomic E-state index is 5.57. The van der Waals surface area contributed by atoms with Crippen LogP contribution in [-0.4, -0.2) is 13.2 Å². The first-order chi connectivity index (χ1) is 7.59. The molecule has 0 aromatic heterocycles. The zero-order valence-corrected chi connectivity index (χ0v) is 11.0. The van der Waals surface area contributed by atoms with Crippen molar-refractivity contribution in [3.05, 3.63) is 34.9 Å². The number of aryl methyl sites for hydroxylation is 3. The van der Waals surface area contributed by atoms with Gasteiger partial charge in [-0.1, -0.05) is 32.0 Å². The van der Waals surface area contributed by atoms with Crippen LogP contribution in [0, 0.1) is 19.8 Å². The minimum Gasteiger partial charge on any atom is -0.381 e. The molecule has 0 aliphatic heterocycles. The second-order valence-corrected chi connectivity index (χ2v) is 4.99. The SMILES string of the molecule is Cc1ccc(CCCOCC(C)C)cc1C. The highest BCUT2D eigenvalue weighted by Gasteiger charge is 1.98. The molecule has 0 saturated carbocycles. The number of rotatable bonds is 6. The summed E-state index contributed by atoms with van der Waals surface area (Å²) in [6.07, 6.45) is 2.24. The minimum atomic E-state index is 0.640. The summed E-state index contributed by atoms with van der Waals surface area (Å²) in [6.45, 7) is 10.5. The smallest absolute Gasteiger partial charge is 0.0488 e. The molecule has 1 aromatic rings. The van der Waals surface area contributed by atoms with Crippen molar-refractivity contribution in [3.8, 4) is 0 Å². The summed E-state index contributed by atoms with van der Waals surface area (Å²) in [6, 6.07) is 6.72. The standard InChI is InChI=1S/C15H24O/c1-12(2)11-16-9-5-6-15-8-7-13(3)14(4)10-15/h7-8,10,12H,5-6,9,11H2,1-4H3. The Balaban J connectivity index is 2.24. The Morgan fingerprint density at radius 1 is 1.12 bits per heavy atom. The Hall–Kier alpha value is -0.820. The molecule has 0 bridgehead atoms. The fourth-order valence-corrected chi connectivity index (χ4v) is 1.66. The summed E-state index contributed by atoms with van der Waals surface area (Å²) in [5, 5.41) is 0. The van der Waals surface area contributed by atoms with Crippen molar-refractivity contribution >= 4 is 0 Å². The van der Waals surface area contributed by atoms with Crippen molar-refractivity contribution in [2.24, 2.45) is 5.92 Å². The Kier molecular flexibility index (Phi) is 5.54. The van der Waals surface area contributed by atoms with Crippen LogP contribution in [0.4, 0.5) is 0 Å². The van der Waals surface area contributed by atoms with Crippen LogP contribution in [0.15, 0.2) is 18.2 Å². The molecule has 1 aromatic carbocycles. The lowest BCUT2D eigenvalue weighted by Gasteiger charge is -2.07. The van der Waals surface area contributed by atoms with E-state index in [1.54, 1.807) is 0 Å². The van der Waals surface area contributed by atoms with Gasteiger partial charge in [-0.15, -0.1) is 0 Å². The van der Waals surface area contributed by atoms with Gasteiger partial charge in [0, 0.05) is 13.2 Å². The van der Waals surface area contributed by atoms with Gasteiger partial charge in [0.25, 0.3) is 0 Å². The molecular formula is C15H24O. The molecule has 0 amide bonds. The topological polar surface area (TPSA) is 9.23 Å². The van der Waals surface area contributed by atoms with E-state index in [9.17, 15) is 0 Å². The van der Waals surface area contributed by atoms with E-state index in [-0.39, 0.29) is 0 Å². The van der Waals surface area contributed by atoms with Gasteiger partial charge in [-0.05, 0) is 49.3 Å². The summed E-state index contributed by atoms with van der Waals surface area (Å²) >= 11 is 0. The predicted molar refractivity (Wildman–Crippen MR) is 69.9 cm³/mol. The average Bonchev–Trinajstić information content (AvgIpc) is 2.22. The molecular weight excluding hydrogens is 196 g/mol. The highest BCUT2D eigenvalue weighted by Crippen LogP contribution is 2.11. The molecule has 0 aliphatic carbocycles. The second-order valence-electron chi connectivity index (χ2n) is 4.99. The van der Waals surface area contributed by atoms with E-state index in [2.05, 4.69) is 45.9 Å². The molecule has 1 heteroatoms. The van der Waals surface area contributed by atoms with Gasteiger partial charge in [0.2, 0.25) is 0 Å². The van der Waals surface area contributed by atoms with Crippen LogP contribution in [0.2, 0.25) is 0 Å². The van der Waals surface area contributed by atoms with Crippen molar-refractivity contribution in [2.45, 2.75) is 40.5 Å². The van der Waals surface area contributed by atoms with Gasteiger partial charge in [0.05, 0.1) is 0 Å². The third kappa shape index (κ3) is 4.80. The normalized spacial score (nSPS) is 11.1. The van der Waals surface area contributed by atoms with E-state index in [1.165, 1.54) is 16.7 Å². The van der Waals surface area contributed by atoms with E-state index in [0.717, 1.165) is 26.1 Å². The zero-order chi connectivity index (χ0) is 12.0. The van der Waals surface area contributed by atoms with E-state index in [0.29, 0.717) is 5.92 Å². The first-order valence-corrected chi connectivity index (χ1v) is 6.23. The fraction of sp³-hybridized carbons (Fsp3) is 0.600. The third-order valence-electron chi connectivity index (χ3n) is 2.78. The van der Waals surface area contributed by atoms with E-state index in [1.807, 2.05) is 0 Å². The van der Waals surface area contributed by atoms with Gasteiger partial charge in [0.15, 0.2) is 0 Å². The molecule has 0 radical (unpaired) electrons. The molecule has 0 fully saturated rings. The van der Waals surface area contributed by atoms with Crippen LogP contribution in [0.1, 0.15) is 37.0 Å². The molecule has 1 rings (SSSR count). The molecule has 16 heavy (non-hydrogen) atoms. The lowest BCUT2D eigenvalue weighted by atomic mass is 10.0. The van der Waals surface area contributed by atoms with E-state index >= 15 is 0 Å². The molecule has 0 spiro atoms. The largest absolute Gasteiger partial charge is 0.381 e. The quantitative estimate of drug-likeness (QED) is 0.660. The van der Waals surface area contributed by atoms with Gasteiger partial charge >= 0.3 is 0 Å². The molecule has 0 unspecified atom stereocenters. The fourth-order valence-electron chi connectivity index (χ4n) is 1.66. The molecule has 0 aliphatic rings. The van der Waals surface area contributed by atoms with Crippen LogP contribution in [-0.2, 0) is 11.2 Å². The maximum atomic E-state index is 5.57. The number of benzene rings is 1. The Bertz CT molecular complexity index is 315. The summed E-state index contributed by atoms with van der Waals surface area (Å²) in [4.78, 5) is 0. The van der Waals surface area contributed by atoms with Crippen molar-refractivity contribution in [2.75, 3.05) is 13.2 Å². The number of hydrogen-bond donors (Lipinski definition) is 0. The average molecular weight is 220 g/mol. The summed E-state index contributed by atoms with van der Waals surface area (Å²) in [5.41, 5.74) is 4.19. The minimum absolute atomic E-state index is 0.640. The number of hydrogen-bond acceptors (Lipinski definition) is 1. The first-order valence-electron chi connectivity index (χ1n) is 6.23. The van der Waals surface area contributed by atoms with Crippen molar-refractivity contribution in [1.82, 2.24) is 0 Å². The highest BCUT2D eigenvalue weighted by atomic mass is 16.5. The van der Waals surface area contributed by atoms with Gasteiger partial charge in [-0.2, -0.15) is 0 Å². The lowest BCUT2D eigenvalue weighted by Crippen LogP contribution is -2.04. The summed E-state index contributed by atoms with van der Waals surface area (Å²) in [7, 11) is 0. The van der Waals surface area contributed by atoms with E-state index in [4.69, 9.17) is 4.74 Å². The molecule has 0 atom stereocenters. The second kappa shape index (κ2) is 6.70. The molecule has 1 nitrogen and oxygen atoms in total. The Labute approximate surface area is 99.8 Å². The first kappa shape index (κ1) is 13.2. The summed E-state index contributed by atoms with van der Waals surface area (Å²) in [5.74, 6) is 0.640. The van der Waals surface area contributed by atoms with Crippen molar-refractivity contribution in [1.29, 1.82) is 0 Å². The number of ether oxygens (including phenoxy) is 1. The maximum Gasteiger partial charge on any atom is 0.0488 e. The van der Waals surface area contributed by atoms with Gasteiger partial charge in [-0.25, -0.2) is 0 Å². The lowest BCUT2D eigenvalue weighted by molar-refractivity contribution is 0.108. The van der Waals surface area contributed by atoms with Crippen molar-refractivity contribution in [3.63, 3.8) is 0 Å². The zero-order valence-electron chi connectivity index (χ0n) is 11.0. The molecule has 0 N–H and O–H groups in total. The molecule has 0 heterocycles.